The molecule has 2 heterocycles. The summed E-state index contributed by atoms with van der Waals surface area (Å²) in [6.45, 7) is 2.68. The van der Waals surface area contributed by atoms with Crippen molar-refractivity contribution in [3.8, 4) is 0 Å². The van der Waals surface area contributed by atoms with Crippen LogP contribution in [0.15, 0.2) is 41.1 Å². The molecule has 1 unspecified atom stereocenters. The molecule has 1 N–H and O–H groups in total. The average Bonchev–Trinajstić information content (AvgIpc) is 2.98. The van der Waals surface area contributed by atoms with E-state index in [1.165, 1.54) is 43.4 Å². The van der Waals surface area contributed by atoms with Crippen LogP contribution in [-0.2, 0) is 0 Å². The van der Waals surface area contributed by atoms with E-state index in [1.807, 2.05) is 0 Å². The maximum Gasteiger partial charge on any atom is 0.251 e. The summed E-state index contributed by atoms with van der Waals surface area (Å²) in [6, 6.07) is 8.16. The van der Waals surface area contributed by atoms with Gasteiger partial charge in [-0.3, -0.25) is 9.69 Å². The van der Waals surface area contributed by atoms with Gasteiger partial charge in [0, 0.05) is 12.1 Å². The zero-order valence-corrected chi connectivity index (χ0v) is 15.8. The van der Waals surface area contributed by atoms with Gasteiger partial charge in [0.1, 0.15) is 5.82 Å². The number of hydrogen-bond donors (Lipinski definition) is 1. The van der Waals surface area contributed by atoms with Gasteiger partial charge in [0.25, 0.3) is 5.91 Å². The van der Waals surface area contributed by atoms with Gasteiger partial charge in [-0.2, -0.15) is 11.3 Å². The van der Waals surface area contributed by atoms with Crippen molar-refractivity contribution in [2.75, 3.05) is 19.6 Å². The molecule has 0 radical (unpaired) electrons. The van der Waals surface area contributed by atoms with Crippen molar-refractivity contribution < 1.29 is 9.18 Å². The number of likely N-dealkylation sites (tertiary alicyclic amines) is 1. The molecular formula is C19H24ClFN2OS. The molecule has 6 heteroatoms. The minimum Gasteiger partial charge on any atom is -0.350 e. The fourth-order valence-electron chi connectivity index (χ4n) is 3.25. The highest BCUT2D eigenvalue weighted by Gasteiger charge is 2.22. The number of hydrogen-bond acceptors (Lipinski definition) is 3. The summed E-state index contributed by atoms with van der Waals surface area (Å²) in [6.07, 6.45) is 4.97. The number of rotatable bonds is 5. The van der Waals surface area contributed by atoms with E-state index < -0.39 is 0 Å². The molecule has 3 nitrogen and oxygen atoms in total. The number of carbonyl (C=O) groups is 1. The van der Waals surface area contributed by atoms with Crippen LogP contribution in [0, 0.1) is 5.82 Å². The molecule has 1 aliphatic heterocycles. The number of nitrogens with one attached hydrogen (secondary N) is 1. The van der Waals surface area contributed by atoms with Crippen LogP contribution in [0.4, 0.5) is 4.39 Å². The SMILES string of the molecule is Cl.O=C(NCC(c1ccsc1)N1CCCCCC1)c1cccc(F)c1. The van der Waals surface area contributed by atoms with E-state index in [-0.39, 0.29) is 30.2 Å². The second kappa shape index (κ2) is 9.90. The predicted molar refractivity (Wildman–Crippen MR) is 103 cm³/mol. The lowest BCUT2D eigenvalue weighted by Gasteiger charge is -2.30. The molecule has 0 spiro atoms. The highest BCUT2D eigenvalue weighted by molar-refractivity contribution is 7.07. The Morgan fingerprint density at radius 2 is 1.96 bits per heavy atom. The number of nitrogens with zero attached hydrogens (tertiary/aromatic N) is 1. The van der Waals surface area contributed by atoms with Crippen LogP contribution in [0.3, 0.4) is 0 Å². The highest BCUT2D eigenvalue weighted by Crippen LogP contribution is 2.25. The number of amides is 1. The Bertz CT molecular complexity index is 657. The zero-order chi connectivity index (χ0) is 16.8. The van der Waals surface area contributed by atoms with E-state index in [2.05, 4.69) is 27.0 Å². The van der Waals surface area contributed by atoms with Gasteiger partial charge < -0.3 is 5.32 Å². The Kier molecular flexibility index (Phi) is 7.88. The number of carbonyl (C=O) groups excluding carboxylic acids is 1. The Hall–Kier alpha value is -1.43. The van der Waals surface area contributed by atoms with E-state index >= 15 is 0 Å². The molecule has 0 bridgehead atoms. The van der Waals surface area contributed by atoms with Crippen LogP contribution in [-0.4, -0.2) is 30.4 Å². The van der Waals surface area contributed by atoms with E-state index in [9.17, 15) is 9.18 Å². The van der Waals surface area contributed by atoms with E-state index in [4.69, 9.17) is 0 Å². The molecule has 25 heavy (non-hydrogen) atoms. The number of halogens is 2. The third-order valence-corrected chi connectivity index (χ3v) is 5.25. The largest absolute Gasteiger partial charge is 0.350 e. The molecule has 1 aliphatic rings. The molecule has 1 aromatic heterocycles. The summed E-state index contributed by atoms with van der Waals surface area (Å²) in [5.74, 6) is -0.603. The van der Waals surface area contributed by atoms with Crippen LogP contribution < -0.4 is 5.32 Å². The standard InChI is InChI=1S/C19H23FN2OS.ClH/c20-17-7-5-6-15(12-17)19(23)21-13-18(16-8-11-24-14-16)22-9-3-1-2-4-10-22;/h5-8,11-12,14,18H,1-4,9-10,13H2,(H,21,23);1H. The first-order chi connectivity index (χ1) is 11.7. The monoisotopic (exact) mass is 382 g/mol. The molecule has 0 saturated carbocycles. The smallest absolute Gasteiger partial charge is 0.251 e. The second-order valence-corrected chi connectivity index (χ2v) is 7.02. The van der Waals surface area contributed by atoms with Gasteiger partial charge in [0.05, 0.1) is 6.04 Å². The lowest BCUT2D eigenvalue weighted by molar-refractivity contribution is 0.0933. The number of benzene rings is 1. The third-order valence-electron chi connectivity index (χ3n) is 4.55. The van der Waals surface area contributed by atoms with Crippen LogP contribution in [0.2, 0.25) is 0 Å². The highest BCUT2D eigenvalue weighted by atomic mass is 35.5. The second-order valence-electron chi connectivity index (χ2n) is 6.24. The predicted octanol–water partition coefficient (Wildman–Crippen LogP) is 4.66. The summed E-state index contributed by atoms with van der Waals surface area (Å²) in [7, 11) is 0. The first kappa shape index (κ1) is 19.9. The van der Waals surface area contributed by atoms with Crippen LogP contribution >= 0.6 is 23.7 Å². The van der Waals surface area contributed by atoms with E-state index in [0.29, 0.717) is 12.1 Å². The first-order valence-electron chi connectivity index (χ1n) is 8.54. The Morgan fingerprint density at radius 1 is 1.20 bits per heavy atom. The van der Waals surface area contributed by atoms with Gasteiger partial charge in [-0.25, -0.2) is 4.39 Å². The average molecular weight is 383 g/mol. The van der Waals surface area contributed by atoms with Crippen molar-refractivity contribution >= 4 is 29.7 Å². The van der Waals surface area contributed by atoms with Gasteiger partial charge in [0.2, 0.25) is 0 Å². The van der Waals surface area contributed by atoms with Gasteiger partial charge in [-0.05, 0) is 66.5 Å². The summed E-state index contributed by atoms with van der Waals surface area (Å²) in [4.78, 5) is 14.8. The molecule has 1 saturated heterocycles. The molecule has 2 aromatic rings. The minimum atomic E-state index is -0.385. The van der Waals surface area contributed by atoms with Crippen LogP contribution in [0.1, 0.15) is 47.6 Å². The van der Waals surface area contributed by atoms with Crippen molar-refractivity contribution in [2.24, 2.45) is 0 Å². The van der Waals surface area contributed by atoms with Crippen molar-refractivity contribution in [1.29, 1.82) is 0 Å². The third kappa shape index (κ3) is 5.53. The van der Waals surface area contributed by atoms with Crippen LogP contribution in [0.5, 0.6) is 0 Å². The molecule has 136 valence electrons. The van der Waals surface area contributed by atoms with Crippen molar-refractivity contribution in [2.45, 2.75) is 31.7 Å². The van der Waals surface area contributed by atoms with Gasteiger partial charge in [-0.15, -0.1) is 12.4 Å². The number of thiophene rings is 1. The van der Waals surface area contributed by atoms with Gasteiger partial charge >= 0.3 is 0 Å². The fraction of sp³-hybridized carbons (Fsp3) is 0.421. The van der Waals surface area contributed by atoms with Crippen LogP contribution in [0.25, 0.3) is 0 Å². The van der Waals surface area contributed by atoms with Gasteiger partial charge in [-0.1, -0.05) is 18.9 Å². The van der Waals surface area contributed by atoms with E-state index in [1.54, 1.807) is 23.5 Å². The Morgan fingerprint density at radius 3 is 2.60 bits per heavy atom. The van der Waals surface area contributed by atoms with Gasteiger partial charge in [0.15, 0.2) is 0 Å². The summed E-state index contributed by atoms with van der Waals surface area (Å²) in [5.41, 5.74) is 1.62. The van der Waals surface area contributed by atoms with Crippen molar-refractivity contribution in [3.05, 3.63) is 58.0 Å². The molecule has 1 atom stereocenters. The molecule has 1 fully saturated rings. The quantitative estimate of drug-likeness (QED) is 0.815. The zero-order valence-electron chi connectivity index (χ0n) is 14.1. The molecule has 3 rings (SSSR count). The lowest BCUT2D eigenvalue weighted by atomic mass is 10.1. The minimum absolute atomic E-state index is 0. The summed E-state index contributed by atoms with van der Waals surface area (Å²) in [5, 5.41) is 7.22. The molecule has 0 aliphatic carbocycles. The molecule has 1 aromatic carbocycles. The molecule has 1 amide bonds. The normalized spacial score (nSPS) is 16.5. The Balaban J connectivity index is 0.00000225. The maximum atomic E-state index is 13.3. The fourth-order valence-corrected chi connectivity index (χ4v) is 3.96. The first-order valence-corrected chi connectivity index (χ1v) is 9.48. The summed E-state index contributed by atoms with van der Waals surface area (Å²) >= 11 is 1.68. The molecular weight excluding hydrogens is 359 g/mol. The van der Waals surface area contributed by atoms with Crippen molar-refractivity contribution in [3.63, 3.8) is 0 Å². The summed E-state index contributed by atoms with van der Waals surface area (Å²) < 4.78 is 13.3. The Labute approximate surface area is 158 Å². The topological polar surface area (TPSA) is 32.3 Å². The lowest BCUT2D eigenvalue weighted by Crippen LogP contribution is -2.38. The van der Waals surface area contributed by atoms with E-state index in [0.717, 1.165) is 13.1 Å². The van der Waals surface area contributed by atoms with Crippen molar-refractivity contribution in [1.82, 2.24) is 10.2 Å². The maximum absolute atomic E-state index is 13.3.